The zero-order valence-corrected chi connectivity index (χ0v) is 13.4. The Bertz CT molecular complexity index is 419. The molecule has 1 aliphatic heterocycles. The van der Waals surface area contributed by atoms with E-state index in [4.69, 9.17) is 4.74 Å². The lowest BCUT2D eigenvalue weighted by Gasteiger charge is -2.28. The van der Waals surface area contributed by atoms with Gasteiger partial charge in [-0.1, -0.05) is 63.5 Å². The van der Waals surface area contributed by atoms with E-state index >= 15 is 0 Å². The van der Waals surface area contributed by atoms with Crippen molar-refractivity contribution in [2.75, 3.05) is 0 Å². The highest BCUT2D eigenvalue weighted by Gasteiger charge is 2.22. The average Bonchev–Trinajstić information content (AvgIpc) is 2.52. The standard InChI is InChI=1S/C17H22O.C2H6/c1-5-9-11-16-15(8-4)12-13-17(18-16)14(7-3)10-6-2;1-2/h5-11,17H,2-3,12-13H2,1,4H3;1-2H3/b9-5-,14-10+,15-8-,16-11+;/t17-;/m0./s1. The summed E-state index contributed by atoms with van der Waals surface area (Å²) in [6, 6.07) is 0. The van der Waals surface area contributed by atoms with E-state index in [1.807, 2.05) is 51.2 Å². The smallest absolute Gasteiger partial charge is 0.124 e. The van der Waals surface area contributed by atoms with Crippen molar-refractivity contribution in [2.45, 2.75) is 46.6 Å². The van der Waals surface area contributed by atoms with Crippen LogP contribution in [0.25, 0.3) is 0 Å². The zero-order chi connectivity index (χ0) is 15.4. The van der Waals surface area contributed by atoms with Gasteiger partial charge in [0.05, 0.1) is 0 Å². The molecular formula is C19H28O. The molecule has 0 saturated carbocycles. The van der Waals surface area contributed by atoms with Crippen molar-refractivity contribution in [3.05, 3.63) is 72.6 Å². The predicted octanol–water partition coefficient (Wildman–Crippen LogP) is 5.90. The molecule has 0 amide bonds. The van der Waals surface area contributed by atoms with Crippen molar-refractivity contribution in [3.63, 3.8) is 0 Å². The van der Waals surface area contributed by atoms with E-state index in [1.165, 1.54) is 5.57 Å². The fraction of sp³-hybridized carbons (Fsp3) is 0.368. The van der Waals surface area contributed by atoms with Crippen molar-refractivity contribution in [3.8, 4) is 0 Å². The van der Waals surface area contributed by atoms with E-state index in [2.05, 4.69) is 26.2 Å². The van der Waals surface area contributed by atoms with Crippen molar-refractivity contribution >= 4 is 0 Å². The van der Waals surface area contributed by atoms with Gasteiger partial charge in [0.25, 0.3) is 0 Å². The number of allylic oxidation sites excluding steroid dienone is 7. The Morgan fingerprint density at radius 1 is 1.25 bits per heavy atom. The molecule has 0 aromatic rings. The summed E-state index contributed by atoms with van der Waals surface area (Å²) >= 11 is 0. The van der Waals surface area contributed by atoms with Crippen LogP contribution in [0.5, 0.6) is 0 Å². The molecule has 1 atom stereocenters. The molecule has 0 spiro atoms. The fourth-order valence-electron chi connectivity index (χ4n) is 1.99. The lowest BCUT2D eigenvalue weighted by molar-refractivity contribution is 0.126. The van der Waals surface area contributed by atoms with Crippen molar-refractivity contribution in [2.24, 2.45) is 0 Å². The first-order chi connectivity index (χ1) is 9.76. The highest BCUT2D eigenvalue weighted by Crippen LogP contribution is 2.31. The van der Waals surface area contributed by atoms with Crippen LogP contribution in [0.2, 0.25) is 0 Å². The molecule has 1 heterocycles. The monoisotopic (exact) mass is 272 g/mol. The molecule has 0 N–H and O–H groups in total. The predicted molar refractivity (Wildman–Crippen MR) is 90.6 cm³/mol. The summed E-state index contributed by atoms with van der Waals surface area (Å²) in [5.74, 6) is 0.962. The molecule has 0 aromatic carbocycles. The third-order valence-corrected chi connectivity index (χ3v) is 2.97. The lowest BCUT2D eigenvalue weighted by atomic mass is 9.96. The minimum absolute atomic E-state index is 0.0840. The van der Waals surface area contributed by atoms with Crippen LogP contribution in [-0.2, 0) is 4.74 Å². The first-order valence-corrected chi connectivity index (χ1v) is 7.37. The molecule has 0 aliphatic carbocycles. The van der Waals surface area contributed by atoms with Gasteiger partial charge >= 0.3 is 0 Å². The molecule has 1 saturated heterocycles. The highest BCUT2D eigenvalue weighted by molar-refractivity contribution is 5.34. The van der Waals surface area contributed by atoms with Crippen molar-refractivity contribution in [1.82, 2.24) is 0 Å². The quantitative estimate of drug-likeness (QED) is 0.579. The molecule has 1 heteroatoms. The Balaban J connectivity index is 0.00000172. The van der Waals surface area contributed by atoms with Crippen LogP contribution >= 0.6 is 0 Å². The summed E-state index contributed by atoms with van der Waals surface area (Å²) in [6.45, 7) is 15.6. The van der Waals surface area contributed by atoms with Gasteiger partial charge in [-0.15, -0.1) is 0 Å². The Kier molecular flexibility index (Phi) is 10.1. The third-order valence-electron chi connectivity index (χ3n) is 2.97. The van der Waals surface area contributed by atoms with Crippen LogP contribution in [0, 0.1) is 0 Å². The number of rotatable bonds is 4. The largest absolute Gasteiger partial charge is 0.485 e. The molecule has 1 fully saturated rings. The molecule has 0 aromatic heterocycles. The van der Waals surface area contributed by atoms with Gasteiger partial charge in [-0.3, -0.25) is 0 Å². The van der Waals surface area contributed by atoms with Crippen LogP contribution in [0.4, 0.5) is 0 Å². The minimum atomic E-state index is 0.0840. The maximum absolute atomic E-state index is 6.05. The van der Waals surface area contributed by atoms with Crippen LogP contribution in [0.15, 0.2) is 72.6 Å². The highest BCUT2D eigenvalue weighted by atomic mass is 16.5. The Hall–Kier alpha value is -1.76. The molecule has 1 aliphatic rings. The normalized spacial score (nSPS) is 23.2. The Labute approximate surface area is 124 Å². The van der Waals surface area contributed by atoms with E-state index in [-0.39, 0.29) is 6.10 Å². The number of hydrogen-bond donors (Lipinski definition) is 0. The molecule has 0 radical (unpaired) electrons. The van der Waals surface area contributed by atoms with Crippen LogP contribution in [0.3, 0.4) is 0 Å². The zero-order valence-electron chi connectivity index (χ0n) is 13.4. The maximum atomic E-state index is 6.05. The first kappa shape index (κ1) is 18.2. The van der Waals surface area contributed by atoms with Gasteiger partial charge < -0.3 is 4.74 Å². The lowest BCUT2D eigenvalue weighted by Crippen LogP contribution is -2.20. The summed E-state index contributed by atoms with van der Waals surface area (Å²) in [4.78, 5) is 0. The third kappa shape index (κ3) is 5.48. The van der Waals surface area contributed by atoms with E-state index in [0.717, 1.165) is 24.2 Å². The summed E-state index contributed by atoms with van der Waals surface area (Å²) in [5, 5.41) is 0. The van der Waals surface area contributed by atoms with E-state index in [1.54, 1.807) is 6.08 Å². The Morgan fingerprint density at radius 3 is 2.45 bits per heavy atom. The summed E-state index contributed by atoms with van der Waals surface area (Å²) in [7, 11) is 0. The number of ether oxygens (including phenoxy) is 1. The van der Waals surface area contributed by atoms with Gasteiger partial charge in [-0.25, -0.2) is 0 Å². The van der Waals surface area contributed by atoms with Gasteiger partial charge in [-0.2, -0.15) is 0 Å². The fourth-order valence-corrected chi connectivity index (χ4v) is 1.99. The first-order valence-electron chi connectivity index (χ1n) is 7.37. The van der Waals surface area contributed by atoms with Gasteiger partial charge in [0.1, 0.15) is 11.9 Å². The van der Waals surface area contributed by atoms with E-state index < -0.39 is 0 Å². The van der Waals surface area contributed by atoms with Gasteiger partial charge in [0.2, 0.25) is 0 Å². The molecule has 110 valence electrons. The average molecular weight is 272 g/mol. The molecule has 0 unspecified atom stereocenters. The molecule has 0 bridgehead atoms. The summed E-state index contributed by atoms with van der Waals surface area (Å²) in [5.41, 5.74) is 2.36. The van der Waals surface area contributed by atoms with Crippen molar-refractivity contribution in [1.29, 1.82) is 0 Å². The molecular weight excluding hydrogens is 244 g/mol. The molecule has 1 nitrogen and oxygen atoms in total. The minimum Gasteiger partial charge on any atom is -0.485 e. The maximum Gasteiger partial charge on any atom is 0.124 e. The van der Waals surface area contributed by atoms with Gasteiger partial charge in [0, 0.05) is 0 Å². The van der Waals surface area contributed by atoms with E-state index in [9.17, 15) is 0 Å². The van der Waals surface area contributed by atoms with Crippen LogP contribution in [0.1, 0.15) is 40.5 Å². The molecule has 1 rings (SSSR count). The second-order valence-corrected chi connectivity index (χ2v) is 4.12. The van der Waals surface area contributed by atoms with Crippen LogP contribution < -0.4 is 0 Å². The SMILES string of the molecule is C=C/C=C(\C=C)[C@@H]1CCC(=C/C)/C(=C\C=C/C)O1.CC. The second-order valence-electron chi connectivity index (χ2n) is 4.12. The van der Waals surface area contributed by atoms with Crippen LogP contribution in [-0.4, -0.2) is 6.10 Å². The van der Waals surface area contributed by atoms with Gasteiger partial charge in [0.15, 0.2) is 0 Å². The van der Waals surface area contributed by atoms with Crippen molar-refractivity contribution < 1.29 is 4.74 Å². The molecule has 20 heavy (non-hydrogen) atoms. The topological polar surface area (TPSA) is 9.23 Å². The van der Waals surface area contributed by atoms with E-state index in [0.29, 0.717) is 0 Å². The number of hydrogen-bond acceptors (Lipinski definition) is 1. The summed E-state index contributed by atoms with van der Waals surface area (Å²) < 4.78 is 6.05. The summed E-state index contributed by atoms with van der Waals surface area (Å²) in [6.07, 6.45) is 15.8. The van der Waals surface area contributed by atoms with Gasteiger partial charge in [-0.05, 0) is 43.9 Å². The Morgan fingerprint density at radius 2 is 1.95 bits per heavy atom. The second kappa shape index (κ2) is 11.1.